The molecular formula is C26H24F3N3O2. The lowest BCUT2D eigenvalue weighted by Crippen LogP contribution is -2.24. The lowest BCUT2D eigenvalue weighted by molar-refractivity contribution is 0.0760. The van der Waals surface area contributed by atoms with E-state index in [-0.39, 0.29) is 35.5 Å². The van der Waals surface area contributed by atoms with Gasteiger partial charge < -0.3 is 15.7 Å². The molecule has 0 aliphatic carbocycles. The van der Waals surface area contributed by atoms with Crippen molar-refractivity contribution in [1.29, 1.82) is 0 Å². The highest BCUT2D eigenvalue weighted by Gasteiger charge is 2.31. The summed E-state index contributed by atoms with van der Waals surface area (Å²) in [5, 5.41) is 10.4. The normalized spacial score (nSPS) is 13.7. The summed E-state index contributed by atoms with van der Waals surface area (Å²) in [6.45, 7) is 3.05. The van der Waals surface area contributed by atoms with Crippen LogP contribution in [0.3, 0.4) is 0 Å². The van der Waals surface area contributed by atoms with Crippen molar-refractivity contribution in [1.82, 2.24) is 4.90 Å². The average molecular weight is 467 g/mol. The molecule has 4 rings (SSSR count). The van der Waals surface area contributed by atoms with Gasteiger partial charge in [0.25, 0.3) is 5.91 Å². The van der Waals surface area contributed by atoms with Gasteiger partial charge in [0.15, 0.2) is 11.6 Å². The number of amides is 1. The fraction of sp³-hybridized carbons (Fsp3) is 0.231. The number of hydrogen-bond acceptors (Lipinski definition) is 4. The molecule has 1 heterocycles. The molecule has 0 radical (unpaired) electrons. The number of carbonyl (C=O) groups excluding carboxylic acids is 1. The minimum atomic E-state index is -1.24. The van der Waals surface area contributed by atoms with Gasteiger partial charge in [0.05, 0.1) is 11.2 Å². The van der Waals surface area contributed by atoms with E-state index in [2.05, 4.69) is 4.99 Å². The average Bonchev–Trinajstić information content (AvgIpc) is 3.09. The quantitative estimate of drug-likeness (QED) is 0.419. The highest BCUT2D eigenvalue weighted by molar-refractivity contribution is 5.99. The van der Waals surface area contributed by atoms with Crippen LogP contribution in [0.15, 0.2) is 47.5 Å². The van der Waals surface area contributed by atoms with Crippen molar-refractivity contribution in [3.8, 4) is 11.1 Å². The second-order valence-electron chi connectivity index (χ2n) is 8.77. The largest absolute Gasteiger partial charge is 0.398 e. The monoisotopic (exact) mass is 467 g/mol. The van der Waals surface area contributed by atoms with Crippen LogP contribution in [0.25, 0.3) is 11.1 Å². The van der Waals surface area contributed by atoms with Crippen LogP contribution in [0.2, 0.25) is 0 Å². The Hall–Kier alpha value is -3.65. The molecule has 0 fully saturated rings. The molecule has 3 aromatic carbocycles. The van der Waals surface area contributed by atoms with Gasteiger partial charge in [-0.25, -0.2) is 13.2 Å². The Labute approximate surface area is 195 Å². The number of anilines is 1. The molecule has 1 aliphatic heterocycles. The minimum absolute atomic E-state index is 0.0328. The predicted octanol–water partition coefficient (Wildman–Crippen LogP) is 4.79. The Morgan fingerprint density at radius 1 is 1.09 bits per heavy atom. The Bertz CT molecular complexity index is 1330. The van der Waals surface area contributed by atoms with Gasteiger partial charge in [-0.05, 0) is 31.0 Å². The number of carbonyl (C=O) groups is 1. The molecule has 8 heteroatoms. The van der Waals surface area contributed by atoms with Crippen LogP contribution >= 0.6 is 0 Å². The summed E-state index contributed by atoms with van der Waals surface area (Å²) in [6.07, 6.45) is 1.43. The number of aliphatic hydroxyl groups is 1. The molecular weight excluding hydrogens is 443 g/mol. The summed E-state index contributed by atoms with van der Waals surface area (Å²) in [5.74, 6) is -3.40. The Balaban J connectivity index is 1.72. The molecule has 34 heavy (non-hydrogen) atoms. The number of nitrogens with zero attached hydrogens (tertiary/aromatic N) is 2. The van der Waals surface area contributed by atoms with Crippen LogP contribution in [-0.2, 0) is 18.7 Å². The molecule has 0 spiro atoms. The summed E-state index contributed by atoms with van der Waals surface area (Å²) in [7, 11) is 1.52. The van der Waals surface area contributed by atoms with E-state index in [1.165, 1.54) is 42.4 Å². The van der Waals surface area contributed by atoms with E-state index in [0.29, 0.717) is 22.3 Å². The van der Waals surface area contributed by atoms with Gasteiger partial charge in [0, 0.05) is 54.3 Å². The first-order chi connectivity index (χ1) is 16.0. The van der Waals surface area contributed by atoms with Crippen molar-refractivity contribution >= 4 is 17.8 Å². The van der Waals surface area contributed by atoms with Crippen LogP contribution < -0.4 is 5.73 Å². The highest BCUT2D eigenvalue weighted by atomic mass is 19.2. The first kappa shape index (κ1) is 23.5. The molecule has 5 nitrogen and oxygen atoms in total. The zero-order valence-electron chi connectivity index (χ0n) is 19.0. The SMILES string of the molecule is CN=Cc1c(-c2ccc(CN3Cc4cccc(F)c4C3=O)c(F)c2F)ccc(C(C)(C)O)c1N. The van der Waals surface area contributed by atoms with E-state index in [1.807, 2.05) is 0 Å². The first-order valence-corrected chi connectivity index (χ1v) is 10.7. The number of fused-ring (bicyclic) bond motifs is 1. The van der Waals surface area contributed by atoms with Gasteiger partial charge >= 0.3 is 0 Å². The molecule has 0 saturated carbocycles. The first-order valence-electron chi connectivity index (χ1n) is 10.7. The van der Waals surface area contributed by atoms with E-state index in [1.54, 1.807) is 32.0 Å². The molecule has 3 aromatic rings. The smallest absolute Gasteiger partial charge is 0.257 e. The van der Waals surface area contributed by atoms with Crippen LogP contribution in [-0.4, -0.2) is 29.2 Å². The lowest BCUT2D eigenvalue weighted by atomic mass is 9.89. The number of aliphatic imine (C=N–C) groups is 1. The molecule has 0 saturated heterocycles. The maximum Gasteiger partial charge on any atom is 0.257 e. The predicted molar refractivity (Wildman–Crippen MR) is 125 cm³/mol. The fourth-order valence-corrected chi connectivity index (χ4v) is 4.30. The van der Waals surface area contributed by atoms with Crippen molar-refractivity contribution < 1.29 is 23.1 Å². The third kappa shape index (κ3) is 3.94. The molecule has 0 atom stereocenters. The van der Waals surface area contributed by atoms with Gasteiger partial charge in [0.1, 0.15) is 5.82 Å². The lowest BCUT2D eigenvalue weighted by Gasteiger charge is -2.23. The number of hydrogen-bond donors (Lipinski definition) is 2. The number of nitrogens with two attached hydrogens (primary N) is 1. The van der Waals surface area contributed by atoms with E-state index in [9.17, 15) is 14.3 Å². The molecule has 0 unspecified atom stereocenters. The van der Waals surface area contributed by atoms with Gasteiger partial charge in [-0.2, -0.15) is 0 Å². The molecule has 1 aliphatic rings. The van der Waals surface area contributed by atoms with Crippen molar-refractivity contribution in [3.63, 3.8) is 0 Å². The van der Waals surface area contributed by atoms with Gasteiger partial charge in [0.2, 0.25) is 0 Å². The maximum atomic E-state index is 15.3. The van der Waals surface area contributed by atoms with E-state index in [0.717, 1.165) is 0 Å². The molecule has 0 aromatic heterocycles. The van der Waals surface area contributed by atoms with Crippen molar-refractivity contribution in [2.45, 2.75) is 32.5 Å². The Morgan fingerprint density at radius 3 is 2.44 bits per heavy atom. The summed E-state index contributed by atoms with van der Waals surface area (Å²) in [4.78, 5) is 17.8. The molecule has 3 N–H and O–H groups in total. The van der Waals surface area contributed by atoms with Crippen LogP contribution in [0.4, 0.5) is 18.9 Å². The second-order valence-corrected chi connectivity index (χ2v) is 8.77. The molecule has 1 amide bonds. The van der Waals surface area contributed by atoms with Crippen LogP contribution in [0.1, 0.15) is 46.5 Å². The zero-order chi connectivity index (χ0) is 24.8. The Morgan fingerprint density at radius 2 is 1.79 bits per heavy atom. The number of rotatable bonds is 5. The number of nitrogen functional groups attached to an aromatic ring is 1. The summed E-state index contributed by atoms with van der Waals surface area (Å²) < 4.78 is 44.4. The van der Waals surface area contributed by atoms with Crippen LogP contribution in [0, 0.1) is 17.5 Å². The van der Waals surface area contributed by atoms with Gasteiger partial charge in [-0.15, -0.1) is 0 Å². The zero-order valence-corrected chi connectivity index (χ0v) is 19.0. The summed E-state index contributed by atoms with van der Waals surface area (Å²) in [6, 6.07) is 10.3. The highest BCUT2D eigenvalue weighted by Crippen LogP contribution is 2.37. The van der Waals surface area contributed by atoms with Crippen LogP contribution in [0.5, 0.6) is 0 Å². The summed E-state index contributed by atoms with van der Waals surface area (Å²) >= 11 is 0. The van der Waals surface area contributed by atoms with E-state index in [4.69, 9.17) is 5.73 Å². The second kappa shape index (κ2) is 8.61. The van der Waals surface area contributed by atoms with E-state index >= 15 is 8.78 Å². The van der Waals surface area contributed by atoms with E-state index < -0.39 is 29.0 Å². The topological polar surface area (TPSA) is 78.9 Å². The van der Waals surface area contributed by atoms with Gasteiger partial charge in [-0.3, -0.25) is 9.79 Å². The standard InChI is InChI=1S/C26H24F3N3O2/c1-26(2,34)19-10-9-16(18(11-31-3)24(19)30)17-8-7-15(22(28)23(17)29)13-32-12-14-5-4-6-20(27)21(14)25(32)33/h4-11,34H,12-13,30H2,1-3H3. The van der Waals surface area contributed by atoms with Crippen molar-refractivity contribution in [3.05, 3.63) is 87.7 Å². The Kier molecular flexibility index (Phi) is 5.95. The molecule has 176 valence electrons. The third-order valence-electron chi connectivity index (χ3n) is 5.98. The number of benzene rings is 3. The van der Waals surface area contributed by atoms with Crippen molar-refractivity contribution in [2.75, 3.05) is 12.8 Å². The number of halogens is 3. The third-order valence-corrected chi connectivity index (χ3v) is 5.98. The van der Waals surface area contributed by atoms with Crippen molar-refractivity contribution in [2.24, 2.45) is 4.99 Å². The maximum absolute atomic E-state index is 15.3. The summed E-state index contributed by atoms with van der Waals surface area (Å²) in [5.41, 5.74) is 6.72. The fourth-order valence-electron chi connectivity index (χ4n) is 4.30. The van der Waals surface area contributed by atoms with Gasteiger partial charge in [-0.1, -0.05) is 36.4 Å². The minimum Gasteiger partial charge on any atom is -0.398 e. The molecule has 0 bridgehead atoms.